The van der Waals surface area contributed by atoms with E-state index >= 15 is 0 Å². The number of nitrogens with one attached hydrogen (secondary N) is 2. The number of hydrogen-bond donors (Lipinski definition) is 3. The van der Waals surface area contributed by atoms with Crippen molar-refractivity contribution in [2.75, 3.05) is 13.1 Å². The zero-order valence-electron chi connectivity index (χ0n) is 15.1. The second-order valence-corrected chi connectivity index (χ2v) is 8.37. The van der Waals surface area contributed by atoms with E-state index < -0.39 is 10.0 Å². The van der Waals surface area contributed by atoms with Crippen molar-refractivity contribution >= 4 is 15.9 Å². The van der Waals surface area contributed by atoms with Crippen LogP contribution in [0.2, 0.25) is 0 Å². The summed E-state index contributed by atoms with van der Waals surface area (Å²) in [6.07, 6.45) is 3.90. The van der Waals surface area contributed by atoms with Gasteiger partial charge < -0.3 is 10.6 Å². The normalized spacial score (nSPS) is 16.6. The largest absolute Gasteiger partial charge is 0.355 e. The minimum Gasteiger partial charge on any atom is -0.355 e. The van der Waals surface area contributed by atoms with Crippen LogP contribution in [-0.4, -0.2) is 27.4 Å². The summed E-state index contributed by atoms with van der Waals surface area (Å²) in [4.78, 5) is 12.2. The number of amides is 1. The number of primary sulfonamides is 1. The number of nitrogens with two attached hydrogens (primary N) is 1. The molecule has 0 saturated carbocycles. The Morgan fingerprint density at radius 3 is 2.59 bits per heavy atom. The zero-order chi connectivity index (χ0) is 19.3. The third-order valence-electron chi connectivity index (χ3n) is 4.87. The quantitative estimate of drug-likeness (QED) is 0.672. The second-order valence-electron chi connectivity index (χ2n) is 6.81. The second kappa shape index (κ2) is 8.65. The molecule has 2 aromatic carbocycles. The molecule has 7 heteroatoms. The monoisotopic (exact) mass is 387 g/mol. The maximum absolute atomic E-state index is 12.1. The third-order valence-corrected chi connectivity index (χ3v) is 5.80. The molecule has 27 heavy (non-hydrogen) atoms. The molecule has 0 fully saturated rings. The highest BCUT2D eigenvalue weighted by atomic mass is 32.2. The van der Waals surface area contributed by atoms with E-state index in [1.54, 1.807) is 12.1 Å². The van der Waals surface area contributed by atoms with Crippen molar-refractivity contribution < 1.29 is 13.2 Å². The molecular formula is C20H25N3O3S. The topological polar surface area (TPSA) is 101 Å². The maximum Gasteiger partial charge on any atom is 0.238 e. The molecule has 1 aliphatic carbocycles. The van der Waals surface area contributed by atoms with Gasteiger partial charge in [-0.3, -0.25) is 4.79 Å². The van der Waals surface area contributed by atoms with E-state index in [1.165, 1.54) is 23.3 Å². The van der Waals surface area contributed by atoms with Gasteiger partial charge in [0.2, 0.25) is 15.9 Å². The van der Waals surface area contributed by atoms with Crippen LogP contribution >= 0.6 is 0 Å². The number of fused-ring (bicyclic) bond motifs is 1. The molecule has 1 atom stereocenters. The molecule has 1 amide bonds. The standard InChI is InChI=1S/C20H25N3O3S/c21-27(25,26)17-10-8-15(9-11-17)12-13-22-20(24)14-23-19-7-3-5-16-4-1-2-6-18(16)19/h1-2,4,6,8-11,19,23H,3,5,7,12-14H2,(H,22,24)(H2,21,25,26)/t19-/m1/s1. The van der Waals surface area contributed by atoms with Gasteiger partial charge in [-0.2, -0.15) is 0 Å². The first-order valence-electron chi connectivity index (χ1n) is 9.13. The van der Waals surface area contributed by atoms with Gasteiger partial charge in [0.1, 0.15) is 0 Å². The highest BCUT2D eigenvalue weighted by Crippen LogP contribution is 2.29. The Hall–Kier alpha value is -2.22. The van der Waals surface area contributed by atoms with Crippen molar-refractivity contribution in [3.8, 4) is 0 Å². The fourth-order valence-corrected chi connectivity index (χ4v) is 3.95. The van der Waals surface area contributed by atoms with Gasteiger partial charge in [0.25, 0.3) is 0 Å². The Labute approximate surface area is 160 Å². The molecule has 2 aromatic rings. The van der Waals surface area contributed by atoms with Crippen molar-refractivity contribution in [3.63, 3.8) is 0 Å². The lowest BCUT2D eigenvalue weighted by Gasteiger charge is -2.26. The molecule has 0 heterocycles. The van der Waals surface area contributed by atoms with E-state index in [4.69, 9.17) is 5.14 Å². The van der Waals surface area contributed by atoms with Crippen molar-refractivity contribution in [3.05, 3.63) is 65.2 Å². The van der Waals surface area contributed by atoms with Crippen molar-refractivity contribution in [2.45, 2.75) is 36.6 Å². The zero-order valence-corrected chi connectivity index (χ0v) is 16.0. The Kier molecular flexibility index (Phi) is 6.26. The average Bonchev–Trinajstić information content (AvgIpc) is 2.66. The minimum absolute atomic E-state index is 0.0424. The summed E-state index contributed by atoms with van der Waals surface area (Å²) in [5.41, 5.74) is 3.60. The summed E-state index contributed by atoms with van der Waals surface area (Å²) in [7, 11) is -3.67. The molecule has 0 aromatic heterocycles. The average molecular weight is 388 g/mol. The smallest absolute Gasteiger partial charge is 0.238 e. The first-order chi connectivity index (χ1) is 12.9. The molecule has 0 saturated heterocycles. The van der Waals surface area contributed by atoms with E-state index in [1.807, 2.05) is 6.07 Å². The summed E-state index contributed by atoms with van der Waals surface area (Å²) in [6.45, 7) is 0.778. The summed E-state index contributed by atoms with van der Waals surface area (Å²) >= 11 is 0. The van der Waals surface area contributed by atoms with Gasteiger partial charge in [0.15, 0.2) is 0 Å². The molecular weight excluding hydrogens is 362 g/mol. The van der Waals surface area contributed by atoms with Gasteiger partial charge in [0, 0.05) is 12.6 Å². The van der Waals surface area contributed by atoms with Gasteiger partial charge in [-0.1, -0.05) is 36.4 Å². The van der Waals surface area contributed by atoms with Crippen LogP contribution in [0.1, 0.15) is 35.6 Å². The molecule has 1 aliphatic rings. The minimum atomic E-state index is -3.67. The van der Waals surface area contributed by atoms with E-state index in [0.717, 1.165) is 24.8 Å². The predicted molar refractivity (Wildman–Crippen MR) is 105 cm³/mol. The van der Waals surface area contributed by atoms with Crippen LogP contribution in [0.3, 0.4) is 0 Å². The van der Waals surface area contributed by atoms with Crippen molar-refractivity contribution in [2.24, 2.45) is 5.14 Å². The number of benzene rings is 2. The molecule has 4 N–H and O–H groups in total. The number of carbonyl (C=O) groups excluding carboxylic acids is 1. The fourth-order valence-electron chi connectivity index (χ4n) is 3.44. The van der Waals surface area contributed by atoms with Crippen LogP contribution in [-0.2, 0) is 27.7 Å². The maximum atomic E-state index is 12.1. The van der Waals surface area contributed by atoms with Gasteiger partial charge in [-0.25, -0.2) is 13.6 Å². The number of hydrogen-bond acceptors (Lipinski definition) is 4. The molecule has 0 radical (unpaired) electrons. The molecule has 6 nitrogen and oxygen atoms in total. The molecule has 3 rings (SSSR count). The lowest BCUT2D eigenvalue weighted by Crippen LogP contribution is -2.37. The number of sulfonamides is 1. The van der Waals surface area contributed by atoms with Gasteiger partial charge >= 0.3 is 0 Å². The number of aryl methyl sites for hydroxylation is 1. The summed E-state index contributed by atoms with van der Waals surface area (Å²) in [5.74, 6) is -0.0424. The van der Waals surface area contributed by atoms with Crippen molar-refractivity contribution in [1.29, 1.82) is 0 Å². The molecule has 0 aliphatic heterocycles. The highest BCUT2D eigenvalue weighted by molar-refractivity contribution is 7.89. The summed E-state index contributed by atoms with van der Waals surface area (Å²) < 4.78 is 22.5. The van der Waals surface area contributed by atoms with Crippen LogP contribution < -0.4 is 15.8 Å². The first kappa shape index (κ1) is 19.5. The first-order valence-corrected chi connectivity index (χ1v) is 10.7. The fraction of sp³-hybridized carbons (Fsp3) is 0.350. The van der Waals surface area contributed by atoms with Gasteiger partial charge in [-0.15, -0.1) is 0 Å². The predicted octanol–water partition coefficient (Wildman–Crippen LogP) is 1.66. The molecule has 0 spiro atoms. The Bertz CT molecular complexity index is 895. The van der Waals surface area contributed by atoms with E-state index in [-0.39, 0.29) is 23.4 Å². The van der Waals surface area contributed by atoms with Crippen LogP contribution in [0.15, 0.2) is 53.4 Å². The van der Waals surface area contributed by atoms with Crippen LogP contribution in [0.4, 0.5) is 0 Å². The Morgan fingerprint density at radius 1 is 1.11 bits per heavy atom. The number of rotatable bonds is 7. The third kappa shape index (κ3) is 5.38. The van der Waals surface area contributed by atoms with Crippen LogP contribution in [0.5, 0.6) is 0 Å². The Morgan fingerprint density at radius 2 is 1.85 bits per heavy atom. The SMILES string of the molecule is NS(=O)(=O)c1ccc(CCNC(=O)CN[C@@H]2CCCc3ccccc32)cc1. The molecule has 0 bridgehead atoms. The van der Waals surface area contributed by atoms with E-state index in [0.29, 0.717) is 13.0 Å². The van der Waals surface area contributed by atoms with Gasteiger partial charge in [-0.05, 0) is 54.5 Å². The van der Waals surface area contributed by atoms with E-state index in [2.05, 4.69) is 28.8 Å². The van der Waals surface area contributed by atoms with Crippen LogP contribution in [0, 0.1) is 0 Å². The summed E-state index contributed by atoms with van der Waals surface area (Å²) in [5, 5.41) is 11.3. The van der Waals surface area contributed by atoms with Gasteiger partial charge in [0.05, 0.1) is 11.4 Å². The summed E-state index contributed by atoms with van der Waals surface area (Å²) in [6, 6.07) is 15.0. The lowest BCUT2D eigenvalue weighted by atomic mass is 9.88. The molecule has 144 valence electrons. The van der Waals surface area contributed by atoms with E-state index in [9.17, 15) is 13.2 Å². The molecule has 0 unspecified atom stereocenters. The van der Waals surface area contributed by atoms with Crippen LogP contribution in [0.25, 0.3) is 0 Å². The Balaban J connectivity index is 1.43. The van der Waals surface area contributed by atoms with Crippen molar-refractivity contribution in [1.82, 2.24) is 10.6 Å². The highest BCUT2D eigenvalue weighted by Gasteiger charge is 2.19. The lowest BCUT2D eigenvalue weighted by molar-refractivity contribution is -0.120. The number of carbonyl (C=O) groups is 1.